The molecule has 1 aliphatic heterocycles. The highest BCUT2D eigenvalue weighted by atomic mass is 16.5. The van der Waals surface area contributed by atoms with Gasteiger partial charge in [0, 0.05) is 44.8 Å². The Bertz CT molecular complexity index is 767. The number of rotatable bonds is 11. The summed E-state index contributed by atoms with van der Waals surface area (Å²) in [5.74, 6) is 1.48. The molecule has 7 nitrogen and oxygen atoms in total. The van der Waals surface area contributed by atoms with E-state index in [9.17, 15) is 0 Å². The van der Waals surface area contributed by atoms with Gasteiger partial charge in [-0.2, -0.15) is 0 Å². The van der Waals surface area contributed by atoms with Crippen LogP contribution in [0.4, 0.5) is 0 Å². The van der Waals surface area contributed by atoms with Crippen molar-refractivity contribution in [3.05, 3.63) is 41.8 Å². The molecule has 1 aromatic carbocycles. The number of ether oxygens (including phenoxy) is 2. The van der Waals surface area contributed by atoms with Crippen LogP contribution < -0.4 is 10.6 Å². The fourth-order valence-electron chi connectivity index (χ4n) is 3.25. The van der Waals surface area contributed by atoms with Crippen molar-refractivity contribution in [1.82, 2.24) is 15.6 Å². The number of hydrogen-bond donors (Lipinski definition) is 2. The van der Waals surface area contributed by atoms with Crippen LogP contribution in [0.2, 0.25) is 0 Å². The maximum absolute atomic E-state index is 5.69. The van der Waals surface area contributed by atoms with E-state index in [1.807, 2.05) is 12.1 Å². The Balaban J connectivity index is 1.35. The van der Waals surface area contributed by atoms with Gasteiger partial charge in [0.15, 0.2) is 5.96 Å². The van der Waals surface area contributed by atoms with E-state index in [2.05, 4.69) is 46.6 Å². The average Bonchev–Trinajstić information content (AvgIpc) is 3.43. The molecule has 3 rings (SSSR count). The van der Waals surface area contributed by atoms with Gasteiger partial charge in [0.1, 0.15) is 6.26 Å². The Morgan fingerprint density at radius 2 is 2.13 bits per heavy atom. The van der Waals surface area contributed by atoms with Crippen LogP contribution in [-0.4, -0.2) is 56.5 Å². The zero-order valence-electron chi connectivity index (χ0n) is 18.2. The molecule has 1 aromatic heterocycles. The van der Waals surface area contributed by atoms with Crippen molar-refractivity contribution in [2.24, 2.45) is 4.99 Å². The third-order valence-electron chi connectivity index (χ3n) is 4.91. The van der Waals surface area contributed by atoms with Gasteiger partial charge in [0.25, 0.3) is 0 Å². The predicted octanol–water partition coefficient (Wildman–Crippen LogP) is 3.33. The molecular weight excluding hydrogens is 380 g/mol. The number of aryl methyl sites for hydroxylation is 1. The second kappa shape index (κ2) is 12.3. The number of hydrogen-bond acceptors (Lipinski definition) is 5. The summed E-state index contributed by atoms with van der Waals surface area (Å²) in [6.45, 7) is 8.70. The van der Waals surface area contributed by atoms with Crippen LogP contribution >= 0.6 is 0 Å². The number of oxazole rings is 1. The van der Waals surface area contributed by atoms with Crippen LogP contribution in [0.15, 0.2) is 39.9 Å². The monoisotopic (exact) mass is 414 g/mol. The van der Waals surface area contributed by atoms with Crippen molar-refractivity contribution in [3.63, 3.8) is 0 Å². The van der Waals surface area contributed by atoms with Crippen LogP contribution in [0.25, 0.3) is 11.5 Å². The molecule has 0 amide bonds. The quantitative estimate of drug-likeness (QED) is 0.333. The second-order valence-corrected chi connectivity index (χ2v) is 7.51. The summed E-state index contributed by atoms with van der Waals surface area (Å²) in [6, 6.07) is 8.19. The lowest BCUT2D eigenvalue weighted by molar-refractivity contribution is 0.0171. The molecule has 164 valence electrons. The number of aliphatic imine (C=N–C) groups is 1. The first-order valence-electron chi connectivity index (χ1n) is 11.0. The van der Waals surface area contributed by atoms with Gasteiger partial charge in [-0.25, -0.2) is 4.98 Å². The summed E-state index contributed by atoms with van der Waals surface area (Å²) in [6.07, 6.45) is 5.95. The van der Waals surface area contributed by atoms with E-state index in [1.165, 1.54) is 5.56 Å². The van der Waals surface area contributed by atoms with E-state index < -0.39 is 0 Å². The minimum absolute atomic E-state index is 0.288. The first-order valence-corrected chi connectivity index (χ1v) is 11.0. The third-order valence-corrected chi connectivity index (χ3v) is 4.91. The standard InChI is InChI=1S/C23H34N4O3/c1-3-24-23(25-12-5-14-28-17-21-6-4-15-29-21)26-13-11-20-16-30-22(27-20)19-9-7-18(2)8-10-19/h7-10,16,21H,3-6,11-15,17H2,1-2H3,(H2,24,25,26). The Hall–Kier alpha value is -2.38. The number of benzene rings is 1. The molecule has 2 aromatic rings. The summed E-state index contributed by atoms with van der Waals surface area (Å²) >= 11 is 0. The lowest BCUT2D eigenvalue weighted by Crippen LogP contribution is -2.38. The van der Waals surface area contributed by atoms with Crippen LogP contribution in [0, 0.1) is 6.92 Å². The maximum Gasteiger partial charge on any atom is 0.226 e. The van der Waals surface area contributed by atoms with Gasteiger partial charge in [0.05, 0.1) is 18.4 Å². The van der Waals surface area contributed by atoms with E-state index in [0.717, 1.165) is 69.1 Å². The van der Waals surface area contributed by atoms with E-state index >= 15 is 0 Å². The van der Waals surface area contributed by atoms with Gasteiger partial charge in [-0.1, -0.05) is 17.7 Å². The fourth-order valence-corrected chi connectivity index (χ4v) is 3.25. The van der Waals surface area contributed by atoms with Crippen molar-refractivity contribution >= 4 is 5.96 Å². The summed E-state index contributed by atoms with van der Waals surface area (Å²) in [4.78, 5) is 9.20. The smallest absolute Gasteiger partial charge is 0.226 e. The summed E-state index contributed by atoms with van der Waals surface area (Å²) < 4.78 is 16.9. The van der Waals surface area contributed by atoms with E-state index in [1.54, 1.807) is 6.26 Å². The SMILES string of the molecule is CCNC(=NCCCOCC1CCCO1)NCCc1coc(-c2ccc(C)cc2)n1. The fraction of sp³-hybridized carbons (Fsp3) is 0.565. The van der Waals surface area contributed by atoms with Gasteiger partial charge in [0.2, 0.25) is 5.89 Å². The second-order valence-electron chi connectivity index (χ2n) is 7.51. The lowest BCUT2D eigenvalue weighted by Gasteiger charge is -2.11. The molecule has 30 heavy (non-hydrogen) atoms. The molecule has 0 bridgehead atoms. The van der Waals surface area contributed by atoms with Crippen LogP contribution in [0.3, 0.4) is 0 Å². The zero-order valence-corrected chi connectivity index (χ0v) is 18.2. The Morgan fingerprint density at radius 3 is 2.90 bits per heavy atom. The molecule has 1 fully saturated rings. The number of nitrogens with one attached hydrogen (secondary N) is 2. The highest BCUT2D eigenvalue weighted by Gasteiger charge is 2.14. The van der Waals surface area contributed by atoms with Crippen molar-refractivity contribution in [2.45, 2.75) is 45.6 Å². The first-order chi connectivity index (χ1) is 14.7. The predicted molar refractivity (Wildman–Crippen MR) is 119 cm³/mol. The molecule has 1 unspecified atom stereocenters. The van der Waals surface area contributed by atoms with Crippen LogP contribution in [0.1, 0.15) is 37.4 Å². The van der Waals surface area contributed by atoms with Gasteiger partial charge < -0.3 is 24.5 Å². The molecule has 0 radical (unpaired) electrons. The Kier molecular flexibility index (Phi) is 9.18. The highest BCUT2D eigenvalue weighted by molar-refractivity contribution is 5.79. The minimum Gasteiger partial charge on any atom is -0.444 e. The molecule has 1 aliphatic rings. The normalized spacial score (nSPS) is 16.7. The first kappa shape index (κ1) is 22.3. The lowest BCUT2D eigenvalue weighted by atomic mass is 10.1. The number of nitrogens with zero attached hydrogens (tertiary/aromatic N) is 2. The molecule has 0 aliphatic carbocycles. The maximum atomic E-state index is 5.69. The summed E-state index contributed by atoms with van der Waals surface area (Å²) in [7, 11) is 0. The molecule has 0 saturated carbocycles. The van der Waals surface area contributed by atoms with Crippen molar-refractivity contribution in [1.29, 1.82) is 0 Å². The molecular formula is C23H34N4O3. The van der Waals surface area contributed by atoms with Crippen LogP contribution in [0.5, 0.6) is 0 Å². The Morgan fingerprint density at radius 1 is 1.27 bits per heavy atom. The van der Waals surface area contributed by atoms with Crippen molar-refractivity contribution in [3.8, 4) is 11.5 Å². The molecule has 2 heterocycles. The van der Waals surface area contributed by atoms with Crippen LogP contribution in [-0.2, 0) is 15.9 Å². The summed E-state index contributed by atoms with van der Waals surface area (Å²) in [5.41, 5.74) is 3.15. The highest BCUT2D eigenvalue weighted by Crippen LogP contribution is 2.19. The third kappa shape index (κ3) is 7.46. The largest absolute Gasteiger partial charge is 0.444 e. The van der Waals surface area contributed by atoms with E-state index in [0.29, 0.717) is 19.1 Å². The van der Waals surface area contributed by atoms with Gasteiger partial charge in [-0.15, -0.1) is 0 Å². The molecule has 1 saturated heterocycles. The Labute approximate surface area is 179 Å². The van der Waals surface area contributed by atoms with Crippen molar-refractivity contribution < 1.29 is 13.9 Å². The van der Waals surface area contributed by atoms with Gasteiger partial charge >= 0.3 is 0 Å². The topological polar surface area (TPSA) is 80.9 Å². The molecule has 1 atom stereocenters. The number of aromatic nitrogens is 1. The van der Waals surface area contributed by atoms with Gasteiger partial charge in [-0.3, -0.25) is 4.99 Å². The van der Waals surface area contributed by atoms with Gasteiger partial charge in [-0.05, 0) is 45.2 Å². The van der Waals surface area contributed by atoms with E-state index in [4.69, 9.17) is 13.9 Å². The molecule has 0 spiro atoms. The van der Waals surface area contributed by atoms with E-state index in [-0.39, 0.29) is 6.10 Å². The number of guanidine groups is 1. The minimum atomic E-state index is 0.288. The molecule has 2 N–H and O–H groups in total. The molecule has 7 heteroatoms. The summed E-state index contributed by atoms with van der Waals surface area (Å²) in [5, 5.41) is 6.63. The average molecular weight is 415 g/mol. The zero-order chi connectivity index (χ0) is 21.0. The van der Waals surface area contributed by atoms with Crippen molar-refractivity contribution in [2.75, 3.05) is 39.5 Å².